The second-order valence-electron chi connectivity index (χ2n) is 6.38. The van der Waals surface area contributed by atoms with Crippen LogP contribution in [0.2, 0.25) is 0 Å². The van der Waals surface area contributed by atoms with Crippen molar-refractivity contribution in [2.24, 2.45) is 5.92 Å². The summed E-state index contributed by atoms with van der Waals surface area (Å²) >= 11 is 0. The van der Waals surface area contributed by atoms with E-state index in [-0.39, 0.29) is 24.4 Å². The van der Waals surface area contributed by atoms with Crippen molar-refractivity contribution < 1.29 is 14.6 Å². The van der Waals surface area contributed by atoms with Crippen molar-refractivity contribution in [1.29, 1.82) is 0 Å². The number of hydrogen-bond acceptors (Lipinski definition) is 5. The molecule has 0 radical (unpaired) electrons. The molecule has 0 saturated carbocycles. The molecule has 5 nitrogen and oxygen atoms in total. The fourth-order valence-corrected chi connectivity index (χ4v) is 3.01. The van der Waals surface area contributed by atoms with Gasteiger partial charge in [0, 0.05) is 32.1 Å². The molecule has 3 N–H and O–H groups in total. The number of aliphatic hydroxyl groups is 1. The third kappa shape index (κ3) is 5.61. The largest absolute Gasteiger partial charge is 0.493 e. The summed E-state index contributed by atoms with van der Waals surface area (Å²) in [5, 5.41) is 16.4. The highest BCUT2D eigenvalue weighted by atomic mass is 35.5. The average molecular weight is 379 g/mol. The van der Waals surface area contributed by atoms with Gasteiger partial charge in [-0.1, -0.05) is 36.4 Å². The zero-order valence-corrected chi connectivity index (χ0v) is 15.8. The van der Waals surface area contributed by atoms with Crippen LogP contribution in [0.15, 0.2) is 48.5 Å². The number of ether oxygens (including phenoxy) is 2. The Labute approximate surface area is 161 Å². The van der Waals surface area contributed by atoms with Gasteiger partial charge in [0.05, 0.1) is 13.2 Å². The number of hydrogen-bond donors (Lipinski definition) is 3. The average Bonchev–Trinajstić information content (AvgIpc) is 3.06. The molecule has 1 fully saturated rings. The quantitative estimate of drug-likeness (QED) is 0.658. The second kappa shape index (κ2) is 10.4. The van der Waals surface area contributed by atoms with Crippen LogP contribution in [0.25, 0.3) is 0 Å². The number of β-amino-alcohol motifs (C(OH)–C–C–N with tert-alkyl or cyclic N) is 1. The first kappa shape index (κ1) is 20.5. The van der Waals surface area contributed by atoms with Gasteiger partial charge in [-0.15, -0.1) is 12.4 Å². The van der Waals surface area contributed by atoms with Crippen molar-refractivity contribution in [2.45, 2.75) is 19.3 Å². The van der Waals surface area contributed by atoms with Crippen LogP contribution in [0.1, 0.15) is 11.1 Å². The Morgan fingerprint density at radius 2 is 1.88 bits per heavy atom. The summed E-state index contributed by atoms with van der Waals surface area (Å²) in [4.78, 5) is 0. The van der Waals surface area contributed by atoms with Crippen molar-refractivity contribution in [2.75, 3.05) is 26.7 Å². The highest BCUT2D eigenvalue weighted by molar-refractivity contribution is 5.85. The minimum atomic E-state index is -0.254. The van der Waals surface area contributed by atoms with Crippen LogP contribution in [0, 0.1) is 5.92 Å². The SMILES string of the molecule is COc1cc(CNCC2CNCC2O)ccc1OCc1ccccc1.Cl. The van der Waals surface area contributed by atoms with Crippen LogP contribution in [-0.2, 0) is 13.2 Å². The standard InChI is InChI=1S/C20H26N2O3.ClH/c1-24-20-9-16(10-21-11-17-12-22-13-18(17)23)7-8-19(20)25-14-15-5-3-2-4-6-15;/h2-9,17-18,21-23H,10-14H2,1H3;1H. The zero-order valence-electron chi connectivity index (χ0n) is 15.0. The number of methoxy groups -OCH3 is 1. The molecule has 3 rings (SSSR count). The Morgan fingerprint density at radius 3 is 2.58 bits per heavy atom. The van der Waals surface area contributed by atoms with E-state index in [0.717, 1.165) is 42.3 Å². The third-order valence-corrected chi connectivity index (χ3v) is 4.51. The van der Waals surface area contributed by atoms with Gasteiger partial charge in [-0.25, -0.2) is 0 Å². The van der Waals surface area contributed by atoms with Gasteiger partial charge in [-0.05, 0) is 23.3 Å². The van der Waals surface area contributed by atoms with Gasteiger partial charge in [-0.3, -0.25) is 0 Å². The van der Waals surface area contributed by atoms with Crippen molar-refractivity contribution in [3.8, 4) is 11.5 Å². The van der Waals surface area contributed by atoms with E-state index >= 15 is 0 Å². The molecule has 2 unspecified atom stereocenters. The third-order valence-electron chi connectivity index (χ3n) is 4.51. The van der Waals surface area contributed by atoms with Gasteiger partial charge in [0.15, 0.2) is 11.5 Å². The molecule has 0 bridgehead atoms. The number of halogens is 1. The molecule has 1 heterocycles. The van der Waals surface area contributed by atoms with Gasteiger partial charge in [0.25, 0.3) is 0 Å². The first-order valence-corrected chi connectivity index (χ1v) is 8.69. The maximum atomic E-state index is 9.82. The predicted octanol–water partition coefficient (Wildman–Crippen LogP) is 2.37. The molecule has 2 aromatic carbocycles. The molecule has 6 heteroatoms. The van der Waals surface area contributed by atoms with E-state index in [2.05, 4.69) is 10.6 Å². The lowest BCUT2D eigenvalue weighted by Crippen LogP contribution is -2.30. The van der Waals surface area contributed by atoms with Crippen LogP contribution in [0.5, 0.6) is 11.5 Å². The van der Waals surface area contributed by atoms with E-state index in [1.165, 1.54) is 0 Å². The number of nitrogens with one attached hydrogen (secondary N) is 2. The van der Waals surface area contributed by atoms with E-state index in [9.17, 15) is 5.11 Å². The zero-order chi connectivity index (χ0) is 17.5. The molecule has 0 aliphatic carbocycles. The lowest BCUT2D eigenvalue weighted by atomic mass is 10.1. The fraction of sp³-hybridized carbons (Fsp3) is 0.400. The molecule has 0 spiro atoms. The molecule has 1 aliphatic rings. The minimum Gasteiger partial charge on any atom is -0.493 e. The molecule has 1 saturated heterocycles. The fourth-order valence-electron chi connectivity index (χ4n) is 3.01. The Kier molecular flexibility index (Phi) is 8.19. The van der Waals surface area contributed by atoms with Crippen molar-refractivity contribution in [3.05, 3.63) is 59.7 Å². The van der Waals surface area contributed by atoms with E-state index in [4.69, 9.17) is 9.47 Å². The first-order chi connectivity index (χ1) is 12.3. The van der Waals surface area contributed by atoms with Gasteiger partial charge in [-0.2, -0.15) is 0 Å². The summed E-state index contributed by atoms with van der Waals surface area (Å²) in [5.74, 6) is 1.75. The van der Waals surface area contributed by atoms with Gasteiger partial charge < -0.3 is 25.2 Å². The molecule has 0 amide bonds. The molecule has 0 aromatic heterocycles. The van der Waals surface area contributed by atoms with E-state index in [1.807, 2.05) is 48.5 Å². The molecule has 2 atom stereocenters. The number of aliphatic hydroxyl groups excluding tert-OH is 1. The Hall–Kier alpha value is -1.79. The van der Waals surface area contributed by atoms with E-state index < -0.39 is 0 Å². The smallest absolute Gasteiger partial charge is 0.161 e. The summed E-state index contributed by atoms with van der Waals surface area (Å²) in [6.45, 7) is 3.60. The summed E-state index contributed by atoms with van der Waals surface area (Å²) in [6, 6.07) is 16.1. The van der Waals surface area contributed by atoms with Gasteiger partial charge in [0.1, 0.15) is 6.61 Å². The van der Waals surface area contributed by atoms with Crippen LogP contribution < -0.4 is 20.1 Å². The van der Waals surface area contributed by atoms with Crippen molar-refractivity contribution in [3.63, 3.8) is 0 Å². The maximum Gasteiger partial charge on any atom is 0.161 e. The van der Waals surface area contributed by atoms with Crippen LogP contribution >= 0.6 is 12.4 Å². The summed E-state index contributed by atoms with van der Waals surface area (Å²) < 4.78 is 11.4. The summed E-state index contributed by atoms with van der Waals surface area (Å²) in [7, 11) is 1.66. The highest BCUT2D eigenvalue weighted by Crippen LogP contribution is 2.28. The number of rotatable bonds is 8. The van der Waals surface area contributed by atoms with Crippen LogP contribution in [-0.4, -0.2) is 38.0 Å². The molecular formula is C20H27ClN2O3. The minimum absolute atomic E-state index is 0. The van der Waals surface area contributed by atoms with Crippen LogP contribution in [0.4, 0.5) is 0 Å². The molecule has 26 heavy (non-hydrogen) atoms. The predicted molar refractivity (Wildman–Crippen MR) is 105 cm³/mol. The monoisotopic (exact) mass is 378 g/mol. The Morgan fingerprint density at radius 1 is 1.08 bits per heavy atom. The Balaban J connectivity index is 0.00000243. The Bertz CT molecular complexity index is 669. The van der Waals surface area contributed by atoms with Crippen molar-refractivity contribution >= 4 is 12.4 Å². The lowest BCUT2D eigenvalue weighted by Gasteiger charge is -2.15. The molecule has 2 aromatic rings. The molecule has 1 aliphatic heterocycles. The maximum absolute atomic E-state index is 9.82. The topological polar surface area (TPSA) is 62.8 Å². The lowest BCUT2D eigenvalue weighted by molar-refractivity contribution is 0.146. The number of benzene rings is 2. The van der Waals surface area contributed by atoms with Gasteiger partial charge in [0.2, 0.25) is 0 Å². The summed E-state index contributed by atoms with van der Waals surface area (Å²) in [5.41, 5.74) is 2.25. The van der Waals surface area contributed by atoms with Crippen molar-refractivity contribution in [1.82, 2.24) is 10.6 Å². The summed E-state index contributed by atoms with van der Waals surface area (Å²) in [6.07, 6.45) is -0.254. The van der Waals surface area contributed by atoms with Gasteiger partial charge >= 0.3 is 0 Å². The normalized spacial score (nSPS) is 19.0. The highest BCUT2D eigenvalue weighted by Gasteiger charge is 2.24. The second-order valence-corrected chi connectivity index (χ2v) is 6.38. The van der Waals surface area contributed by atoms with E-state index in [1.54, 1.807) is 7.11 Å². The first-order valence-electron chi connectivity index (χ1n) is 8.69. The van der Waals surface area contributed by atoms with E-state index in [0.29, 0.717) is 13.2 Å². The molecule has 142 valence electrons. The van der Waals surface area contributed by atoms with Crippen LogP contribution in [0.3, 0.4) is 0 Å². The molecular weight excluding hydrogens is 352 g/mol.